The van der Waals surface area contributed by atoms with Gasteiger partial charge in [-0.1, -0.05) is 6.92 Å². The molecule has 0 fully saturated rings. The van der Waals surface area contributed by atoms with Crippen LogP contribution >= 0.6 is 0 Å². The number of carbonyl (C=O) groups is 1. The Kier molecular flexibility index (Phi) is 5.59. The van der Waals surface area contributed by atoms with Crippen molar-refractivity contribution >= 4 is 17.3 Å². The average molecular weight is 267 g/mol. The summed E-state index contributed by atoms with van der Waals surface area (Å²) in [7, 11) is 1.54. The Morgan fingerprint density at radius 1 is 1.47 bits per heavy atom. The zero-order chi connectivity index (χ0) is 14.3. The van der Waals surface area contributed by atoms with Crippen LogP contribution in [0.25, 0.3) is 0 Å². The summed E-state index contributed by atoms with van der Waals surface area (Å²) in [6, 6.07) is 4.42. The van der Waals surface area contributed by atoms with Crippen LogP contribution in [0.3, 0.4) is 0 Å². The molecule has 0 spiro atoms. The molecule has 7 heteroatoms. The number of anilines is 1. The second kappa shape index (κ2) is 7.20. The molecule has 0 saturated carbocycles. The summed E-state index contributed by atoms with van der Waals surface area (Å²) >= 11 is 0. The van der Waals surface area contributed by atoms with Gasteiger partial charge in [-0.3, -0.25) is 14.9 Å². The Morgan fingerprint density at radius 2 is 2.21 bits per heavy atom. The van der Waals surface area contributed by atoms with E-state index in [1.54, 1.807) is 6.07 Å². The lowest BCUT2D eigenvalue weighted by Gasteiger charge is -2.09. The minimum absolute atomic E-state index is 0.0843. The summed E-state index contributed by atoms with van der Waals surface area (Å²) < 4.78 is 5.34. The van der Waals surface area contributed by atoms with E-state index in [1.165, 1.54) is 19.2 Å². The highest BCUT2D eigenvalue weighted by molar-refractivity contribution is 5.80. The number of hydrogen-bond acceptors (Lipinski definition) is 5. The standard InChI is InChI=1S/C12H17N3O4/c1-3-6-19-11-7-9(14-8-12(16)13-2)4-5-10(11)15(17)18/h4-5,7,14H,3,6,8H2,1-2H3,(H,13,16). The molecule has 1 amide bonds. The largest absolute Gasteiger partial charge is 0.487 e. The van der Waals surface area contributed by atoms with Crippen molar-refractivity contribution in [1.82, 2.24) is 5.32 Å². The summed E-state index contributed by atoms with van der Waals surface area (Å²) in [6.07, 6.45) is 0.757. The maximum absolute atomic E-state index is 11.1. The SMILES string of the molecule is CCCOc1cc(NCC(=O)NC)ccc1[N+](=O)[O-]. The highest BCUT2D eigenvalue weighted by atomic mass is 16.6. The van der Waals surface area contributed by atoms with E-state index in [-0.39, 0.29) is 23.9 Å². The molecule has 104 valence electrons. The molecule has 0 unspecified atom stereocenters. The lowest BCUT2D eigenvalue weighted by atomic mass is 10.2. The van der Waals surface area contributed by atoms with E-state index in [2.05, 4.69) is 10.6 Å². The van der Waals surface area contributed by atoms with Crippen LogP contribution in [-0.4, -0.2) is 31.0 Å². The number of benzene rings is 1. The van der Waals surface area contributed by atoms with Crippen molar-refractivity contribution in [1.29, 1.82) is 0 Å². The van der Waals surface area contributed by atoms with Gasteiger partial charge in [0, 0.05) is 24.9 Å². The number of hydrogen-bond donors (Lipinski definition) is 2. The molecule has 0 atom stereocenters. The molecule has 0 heterocycles. The van der Waals surface area contributed by atoms with Crippen LogP contribution < -0.4 is 15.4 Å². The number of rotatable bonds is 7. The molecule has 7 nitrogen and oxygen atoms in total. The third-order valence-electron chi connectivity index (χ3n) is 2.35. The van der Waals surface area contributed by atoms with Crippen molar-refractivity contribution in [3.63, 3.8) is 0 Å². The third-order valence-corrected chi connectivity index (χ3v) is 2.35. The van der Waals surface area contributed by atoms with E-state index in [4.69, 9.17) is 4.74 Å². The molecule has 0 aliphatic heterocycles. The summed E-state index contributed by atoms with van der Waals surface area (Å²) in [5, 5.41) is 16.2. The number of nitrogens with zero attached hydrogens (tertiary/aromatic N) is 1. The smallest absolute Gasteiger partial charge is 0.311 e. The van der Waals surface area contributed by atoms with E-state index in [0.29, 0.717) is 12.3 Å². The van der Waals surface area contributed by atoms with Crippen molar-refractivity contribution in [2.24, 2.45) is 0 Å². The van der Waals surface area contributed by atoms with Gasteiger partial charge < -0.3 is 15.4 Å². The Balaban J connectivity index is 2.84. The highest BCUT2D eigenvalue weighted by Gasteiger charge is 2.15. The molecule has 1 aromatic rings. The van der Waals surface area contributed by atoms with Crippen molar-refractivity contribution in [2.75, 3.05) is 25.5 Å². The number of nitro benzene ring substituents is 1. The van der Waals surface area contributed by atoms with Gasteiger partial charge in [-0.2, -0.15) is 0 Å². The molecule has 1 aromatic carbocycles. The quantitative estimate of drug-likeness (QED) is 0.577. The number of amides is 1. The second-order valence-electron chi connectivity index (χ2n) is 3.81. The fraction of sp³-hybridized carbons (Fsp3) is 0.417. The van der Waals surface area contributed by atoms with Gasteiger partial charge in [0.1, 0.15) is 0 Å². The first-order valence-electron chi connectivity index (χ1n) is 5.94. The molecule has 1 rings (SSSR count). The van der Waals surface area contributed by atoms with Gasteiger partial charge in [-0.05, 0) is 12.5 Å². The first-order valence-corrected chi connectivity index (χ1v) is 5.94. The number of carbonyl (C=O) groups excluding carboxylic acids is 1. The summed E-state index contributed by atoms with van der Waals surface area (Å²) in [5.74, 6) is 0.0307. The molecule has 0 aliphatic rings. The number of nitro groups is 1. The van der Waals surface area contributed by atoms with Crippen molar-refractivity contribution < 1.29 is 14.5 Å². The minimum atomic E-state index is -0.493. The van der Waals surface area contributed by atoms with Gasteiger partial charge in [-0.15, -0.1) is 0 Å². The lowest BCUT2D eigenvalue weighted by Crippen LogP contribution is -2.26. The van der Waals surface area contributed by atoms with E-state index >= 15 is 0 Å². The molecule has 19 heavy (non-hydrogen) atoms. The van der Waals surface area contributed by atoms with Crippen LogP contribution in [0.5, 0.6) is 5.75 Å². The Morgan fingerprint density at radius 3 is 2.79 bits per heavy atom. The molecule has 0 bridgehead atoms. The molecule has 0 saturated heterocycles. The van der Waals surface area contributed by atoms with Crippen LogP contribution in [0.2, 0.25) is 0 Å². The van der Waals surface area contributed by atoms with Crippen molar-refractivity contribution in [3.8, 4) is 5.75 Å². The predicted octanol–water partition coefficient (Wildman–Crippen LogP) is 1.54. The van der Waals surface area contributed by atoms with E-state index in [1.807, 2.05) is 6.92 Å². The van der Waals surface area contributed by atoms with Gasteiger partial charge in [0.15, 0.2) is 5.75 Å². The summed E-state index contributed by atoms with van der Waals surface area (Å²) in [4.78, 5) is 21.5. The Hall–Kier alpha value is -2.31. The lowest BCUT2D eigenvalue weighted by molar-refractivity contribution is -0.385. The van der Waals surface area contributed by atoms with Crippen LogP contribution in [0.1, 0.15) is 13.3 Å². The number of nitrogens with one attached hydrogen (secondary N) is 2. The van der Waals surface area contributed by atoms with Gasteiger partial charge in [0.25, 0.3) is 0 Å². The number of ether oxygens (including phenoxy) is 1. The Bertz CT molecular complexity index is 462. The number of likely N-dealkylation sites (N-methyl/N-ethyl adjacent to an activating group) is 1. The maximum Gasteiger partial charge on any atom is 0.311 e. The first-order chi connectivity index (χ1) is 9.08. The van der Waals surface area contributed by atoms with Crippen LogP contribution in [0, 0.1) is 10.1 Å². The zero-order valence-corrected chi connectivity index (χ0v) is 10.9. The monoisotopic (exact) mass is 267 g/mol. The van der Waals surface area contributed by atoms with Crippen LogP contribution in [0.15, 0.2) is 18.2 Å². The fourth-order valence-corrected chi connectivity index (χ4v) is 1.37. The van der Waals surface area contributed by atoms with Gasteiger partial charge in [0.05, 0.1) is 18.1 Å². The average Bonchev–Trinajstić information content (AvgIpc) is 2.42. The predicted molar refractivity (Wildman–Crippen MR) is 71.4 cm³/mol. The van der Waals surface area contributed by atoms with Crippen LogP contribution in [0.4, 0.5) is 11.4 Å². The fourth-order valence-electron chi connectivity index (χ4n) is 1.37. The highest BCUT2D eigenvalue weighted by Crippen LogP contribution is 2.30. The molecular weight excluding hydrogens is 250 g/mol. The molecule has 2 N–H and O–H groups in total. The van der Waals surface area contributed by atoms with Gasteiger partial charge >= 0.3 is 5.69 Å². The molecule has 0 aliphatic carbocycles. The normalized spacial score (nSPS) is 9.79. The topological polar surface area (TPSA) is 93.5 Å². The first kappa shape index (κ1) is 14.7. The Labute approximate surface area is 111 Å². The van der Waals surface area contributed by atoms with E-state index in [0.717, 1.165) is 6.42 Å². The van der Waals surface area contributed by atoms with Gasteiger partial charge in [-0.25, -0.2) is 0 Å². The second-order valence-corrected chi connectivity index (χ2v) is 3.81. The molecule has 0 radical (unpaired) electrons. The zero-order valence-electron chi connectivity index (χ0n) is 10.9. The molecular formula is C12H17N3O4. The van der Waals surface area contributed by atoms with Crippen molar-refractivity contribution in [2.45, 2.75) is 13.3 Å². The van der Waals surface area contributed by atoms with Crippen LogP contribution in [-0.2, 0) is 4.79 Å². The van der Waals surface area contributed by atoms with E-state index in [9.17, 15) is 14.9 Å². The minimum Gasteiger partial charge on any atom is -0.487 e. The van der Waals surface area contributed by atoms with Crippen molar-refractivity contribution in [3.05, 3.63) is 28.3 Å². The molecule has 0 aromatic heterocycles. The maximum atomic E-state index is 11.1. The van der Waals surface area contributed by atoms with Gasteiger partial charge in [0.2, 0.25) is 5.91 Å². The van der Waals surface area contributed by atoms with E-state index < -0.39 is 4.92 Å². The summed E-state index contributed by atoms with van der Waals surface area (Å²) in [5.41, 5.74) is 0.513. The summed E-state index contributed by atoms with van der Waals surface area (Å²) in [6.45, 7) is 2.42. The third kappa shape index (κ3) is 4.46.